The monoisotopic (exact) mass is 324 g/mol. The fraction of sp³-hybridized carbons (Fsp3) is 0.333. The number of H-pyrrole nitrogens is 1. The summed E-state index contributed by atoms with van der Waals surface area (Å²) >= 11 is 5.76. The van der Waals surface area contributed by atoms with Gasteiger partial charge in [-0.1, -0.05) is 11.6 Å². The zero-order chi connectivity index (χ0) is 16.0. The lowest BCUT2D eigenvalue weighted by molar-refractivity contribution is -0.120. The highest BCUT2D eigenvalue weighted by Crippen LogP contribution is 2.32. The second kappa shape index (κ2) is 5.37. The van der Waals surface area contributed by atoms with Gasteiger partial charge in [0, 0.05) is 30.2 Å². The van der Waals surface area contributed by atoms with E-state index in [0.29, 0.717) is 24.1 Å². The molecule has 3 N–H and O–H groups in total. The van der Waals surface area contributed by atoms with Gasteiger partial charge in [0.15, 0.2) is 11.2 Å². The highest BCUT2D eigenvalue weighted by molar-refractivity contribution is 6.31. The number of primary amides is 1. The van der Waals surface area contributed by atoms with E-state index in [4.69, 9.17) is 22.1 Å². The van der Waals surface area contributed by atoms with E-state index in [1.165, 1.54) is 19.2 Å². The molecule has 3 rings (SSSR count). The van der Waals surface area contributed by atoms with Crippen LogP contribution in [0.1, 0.15) is 23.6 Å². The van der Waals surface area contributed by atoms with Crippen LogP contribution in [0.15, 0.2) is 16.9 Å². The summed E-state index contributed by atoms with van der Waals surface area (Å²) in [5.74, 6) is -2.01. The molecule has 116 valence electrons. The average molecular weight is 325 g/mol. The van der Waals surface area contributed by atoms with Gasteiger partial charge in [0.05, 0.1) is 22.6 Å². The third-order valence-corrected chi connectivity index (χ3v) is 4.45. The first-order valence-electron chi connectivity index (χ1n) is 6.79. The van der Waals surface area contributed by atoms with Crippen molar-refractivity contribution in [1.82, 2.24) is 4.98 Å². The van der Waals surface area contributed by atoms with E-state index in [1.807, 2.05) is 0 Å². The van der Waals surface area contributed by atoms with Gasteiger partial charge in [-0.2, -0.15) is 0 Å². The number of aromatic amines is 1. The molecule has 22 heavy (non-hydrogen) atoms. The first-order valence-corrected chi connectivity index (χ1v) is 7.16. The number of methoxy groups -OCH3 is 1. The molecule has 1 aromatic carbocycles. The van der Waals surface area contributed by atoms with Gasteiger partial charge < -0.3 is 15.5 Å². The SMILES string of the molecule is CO[C@@H]1Cc2c([nH]c3c(F)c(Cl)ccc3c2=O)[C@@H](C(N)=O)C1. The van der Waals surface area contributed by atoms with E-state index < -0.39 is 17.6 Å². The minimum absolute atomic E-state index is 0.00151. The minimum atomic E-state index is -0.718. The van der Waals surface area contributed by atoms with Crippen LogP contribution in [0.4, 0.5) is 4.39 Å². The molecule has 1 aliphatic rings. The Kier molecular flexibility index (Phi) is 3.66. The molecule has 0 bridgehead atoms. The molecule has 0 spiro atoms. The Morgan fingerprint density at radius 3 is 2.86 bits per heavy atom. The van der Waals surface area contributed by atoms with Gasteiger partial charge in [-0.05, 0) is 18.6 Å². The Morgan fingerprint density at radius 2 is 2.23 bits per heavy atom. The van der Waals surface area contributed by atoms with Crippen molar-refractivity contribution in [3.05, 3.63) is 44.5 Å². The largest absolute Gasteiger partial charge is 0.381 e. The van der Waals surface area contributed by atoms with E-state index >= 15 is 0 Å². The van der Waals surface area contributed by atoms with Crippen LogP contribution in [-0.2, 0) is 16.0 Å². The predicted octanol–water partition coefficient (Wildman–Crippen LogP) is 1.85. The first-order chi connectivity index (χ1) is 10.4. The molecule has 2 atom stereocenters. The summed E-state index contributed by atoms with van der Waals surface area (Å²) in [6.45, 7) is 0. The molecule has 1 aromatic heterocycles. The van der Waals surface area contributed by atoms with E-state index in [2.05, 4.69) is 4.98 Å². The van der Waals surface area contributed by atoms with Crippen LogP contribution in [0, 0.1) is 5.82 Å². The van der Waals surface area contributed by atoms with Gasteiger partial charge >= 0.3 is 0 Å². The summed E-state index contributed by atoms with van der Waals surface area (Å²) in [5, 5.41) is 0.102. The van der Waals surface area contributed by atoms with Crippen LogP contribution >= 0.6 is 11.6 Å². The lowest BCUT2D eigenvalue weighted by Gasteiger charge is -2.28. The number of carbonyl (C=O) groups excluding carboxylic acids is 1. The molecule has 0 aliphatic heterocycles. The van der Waals surface area contributed by atoms with E-state index in [0.717, 1.165) is 0 Å². The predicted molar refractivity (Wildman–Crippen MR) is 80.6 cm³/mol. The topological polar surface area (TPSA) is 85.2 Å². The first kappa shape index (κ1) is 15.0. The number of aromatic nitrogens is 1. The van der Waals surface area contributed by atoms with Gasteiger partial charge in [-0.3, -0.25) is 9.59 Å². The Morgan fingerprint density at radius 1 is 1.50 bits per heavy atom. The van der Waals surface area contributed by atoms with Gasteiger partial charge in [-0.25, -0.2) is 4.39 Å². The molecule has 0 fully saturated rings. The average Bonchev–Trinajstić information content (AvgIpc) is 2.50. The van der Waals surface area contributed by atoms with Crippen molar-refractivity contribution in [3.63, 3.8) is 0 Å². The second-order valence-corrected chi connectivity index (χ2v) is 5.79. The van der Waals surface area contributed by atoms with Crippen molar-refractivity contribution in [1.29, 1.82) is 0 Å². The summed E-state index contributed by atoms with van der Waals surface area (Å²) in [6, 6.07) is 2.80. The van der Waals surface area contributed by atoms with Crippen LogP contribution in [0.5, 0.6) is 0 Å². The van der Waals surface area contributed by atoms with Gasteiger partial charge in [0.25, 0.3) is 0 Å². The minimum Gasteiger partial charge on any atom is -0.381 e. The van der Waals surface area contributed by atoms with E-state index in [1.54, 1.807) is 0 Å². The second-order valence-electron chi connectivity index (χ2n) is 5.38. The molecule has 1 amide bonds. The third-order valence-electron chi connectivity index (χ3n) is 4.15. The molecule has 5 nitrogen and oxygen atoms in total. The summed E-state index contributed by atoms with van der Waals surface area (Å²) < 4.78 is 19.5. The van der Waals surface area contributed by atoms with Crippen molar-refractivity contribution < 1.29 is 13.9 Å². The molecule has 1 aliphatic carbocycles. The molecular formula is C15H14ClFN2O3. The van der Waals surface area contributed by atoms with Crippen LogP contribution < -0.4 is 11.2 Å². The molecule has 0 radical (unpaired) electrons. The van der Waals surface area contributed by atoms with Crippen LogP contribution in [-0.4, -0.2) is 24.1 Å². The number of rotatable bonds is 2. The maximum absolute atomic E-state index is 14.2. The maximum Gasteiger partial charge on any atom is 0.226 e. The molecule has 0 saturated carbocycles. The highest BCUT2D eigenvalue weighted by Gasteiger charge is 2.33. The number of hydrogen-bond acceptors (Lipinski definition) is 3. The maximum atomic E-state index is 14.2. The van der Waals surface area contributed by atoms with Crippen LogP contribution in [0.2, 0.25) is 5.02 Å². The number of hydrogen-bond donors (Lipinski definition) is 2. The van der Waals surface area contributed by atoms with Gasteiger partial charge in [-0.15, -0.1) is 0 Å². The van der Waals surface area contributed by atoms with Gasteiger partial charge in [0.1, 0.15) is 0 Å². The zero-order valence-corrected chi connectivity index (χ0v) is 12.5. The zero-order valence-electron chi connectivity index (χ0n) is 11.8. The Labute approximate surface area is 130 Å². The van der Waals surface area contributed by atoms with E-state index in [-0.39, 0.29) is 27.5 Å². The summed E-state index contributed by atoms with van der Waals surface area (Å²) in [4.78, 5) is 27.2. The smallest absolute Gasteiger partial charge is 0.226 e. The Bertz CT molecular complexity index is 834. The normalized spacial score (nSPS) is 20.9. The van der Waals surface area contributed by atoms with E-state index in [9.17, 15) is 14.0 Å². The molecule has 0 saturated heterocycles. The number of ether oxygens (including phenoxy) is 1. The van der Waals surface area contributed by atoms with Crippen molar-refractivity contribution in [3.8, 4) is 0 Å². The number of pyridine rings is 1. The molecule has 2 aromatic rings. The number of nitrogens with two attached hydrogens (primary N) is 1. The van der Waals surface area contributed by atoms with Crippen molar-refractivity contribution >= 4 is 28.4 Å². The van der Waals surface area contributed by atoms with Crippen LogP contribution in [0.25, 0.3) is 10.9 Å². The number of nitrogens with one attached hydrogen (secondary N) is 1. The quantitative estimate of drug-likeness (QED) is 0.884. The third kappa shape index (κ3) is 2.19. The summed E-state index contributed by atoms with van der Waals surface area (Å²) in [5.41, 5.74) is 5.87. The summed E-state index contributed by atoms with van der Waals surface area (Å²) in [7, 11) is 1.52. The Hall–Kier alpha value is -1.92. The summed E-state index contributed by atoms with van der Waals surface area (Å²) in [6.07, 6.45) is 0.425. The Balaban J connectivity index is 2.34. The van der Waals surface area contributed by atoms with Crippen molar-refractivity contribution in [2.45, 2.75) is 24.9 Å². The molecule has 0 unspecified atom stereocenters. The van der Waals surface area contributed by atoms with Crippen molar-refractivity contribution in [2.75, 3.05) is 7.11 Å². The number of carbonyl (C=O) groups is 1. The number of amides is 1. The standard InChI is InChI=1S/C15H14ClFN2O3/c1-22-6-4-8-12(9(5-6)15(18)21)19-13-7(14(8)20)2-3-10(16)11(13)17/h2-3,6,9H,4-5H2,1H3,(H2,18,21)(H,19,20)/t6-,9+/m1/s1. The van der Waals surface area contributed by atoms with Crippen molar-refractivity contribution in [2.24, 2.45) is 5.73 Å². The van der Waals surface area contributed by atoms with Crippen LogP contribution in [0.3, 0.4) is 0 Å². The molecule has 1 heterocycles. The fourth-order valence-corrected chi connectivity index (χ4v) is 3.14. The number of fused-ring (bicyclic) bond motifs is 2. The van der Waals surface area contributed by atoms with Gasteiger partial charge in [0.2, 0.25) is 5.91 Å². The molecular weight excluding hydrogens is 311 g/mol. The number of benzene rings is 1. The highest BCUT2D eigenvalue weighted by atomic mass is 35.5. The lowest BCUT2D eigenvalue weighted by Crippen LogP contribution is -2.36. The molecule has 7 heteroatoms. The lowest BCUT2D eigenvalue weighted by atomic mass is 9.83. The number of halogens is 2. The fourth-order valence-electron chi connectivity index (χ4n) is 2.99.